The van der Waals surface area contributed by atoms with Gasteiger partial charge in [-0.15, -0.1) is 0 Å². The summed E-state index contributed by atoms with van der Waals surface area (Å²) in [6, 6.07) is 13.2. The van der Waals surface area contributed by atoms with Crippen molar-refractivity contribution >= 4 is 27.7 Å². The largest absolute Gasteiger partial charge is 1.00 e. The van der Waals surface area contributed by atoms with E-state index in [-0.39, 0.29) is 79.1 Å². The molecule has 0 atom stereocenters. The first-order valence-electron chi connectivity index (χ1n) is 8.02. The molecule has 0 aromatic heterocycles. The number of benzene rings is 2. The molecule has 2 aromatic carbocycles. The minimum Gasteiger partial charge on any atom is -1.00 e. The summed E-state index contributed by atoms with van der Waals surface area (Å²) in [4.78, 5) is 23.0. The fraction of sp³-hybridized carbons (Fsp3) is 0. The molecule has 1 aliphatic rings. The van der Waals surface area contributed by atoms with Crippen LogP contribution in [0.4, 0.5) is 0 Å². The van der Waals surface area contributed by atoms with Crippen LogP contribution >= 0.6 is 0 Å². The van der Waals surface area contributed by atoms with Gasteiger partial charge in [-0.3, -0.25) is 13.9 Å². The molecule has 0 radical (unpaired) electrons. The van der Waals surface area contributed by atoms with Crippen molar-refractivity contribution in [1.82, 2.24) is 0 Å². The Morgan fingerprint density at radius 3 is 1.71 bits per heavy atom. The summed E-state index contributed by atoms with van der Waals surface area (Å²) in [5, 5.41) is 19.0. The number of rotatable bonds is 3. The standard InChI is InChI=1S/C20H14O4.2Na.H2O4S.2H/c21-15-9-5-13(6-10-15)19(14-7-11-16(22)12-8-14)17-3-1-2-4-18(17)20(23)24;;;1-5(2,3)4;;/h1-12,21H,(H,23,24);;;(H2,1,2,3,4);;/q;2*+1;;2*-1. The molecular weight excluding hydrogens is 446 g/mol. The van der Waals surface area contributed by atoms with Gasteiger partial charge < -0.3 is 13.1 Å². The monoisotopic (exact) mass is 464 g/mol. The van der Waals surface area contributed by atoms with E-state index in [4.69, 9.17) is 17.5 Å². The molecule has 1 aliphatic carbocycles. The summed E-state index contributed by atoms with van der Waals surface area (Å²) in [6.45, 7) is 0. The number of carboxylic acid groups (broad SMARTS) is 1. The van der Waals surface area contributed by atoms with Gasteiger partial charge in [0, 0.05) is 0 Å². The summed E-state index contributed by atoms with van der Waals surface area (Å²) < 4.78 is 31.6. The van der Waals surface area contributed by atoms with Gasteiger partial charge in [0.1, 0.15) is 5.75 Å². The van der Waals surface area contributed by atoms with Crippen LogP contribution in [0.1, 0.15) is 24.3 Å². The van der Waals surface area contributed by atoms with Crippen molar-refractivity contribution in [3.8, 4) is 5.75 Å². The maximum atomic E-state index is 11.6. The molecule has 154 valence electrons. The normalized spacial score (nSPS) is 12.1. The molecule has 4 N–H and O–H groups in total. The maximum absolute atomic E-state index is 11.6. The van der Waals surface area contributed by atoms with Crippen molar-refractivity contribution in [2.24, 2.45) is 0 Å². The number of carbonyl (C=O) groups excluding carboxylic acids is 1. The van der Waals surface area contributed by atoms with E-state index in [2.05, 4.69) is 0 Å². The average molecular weight is 464 g/mol. The number of carboxylic acids is 1. The van der Waals surface area contributed by atoms with Crippen molar-refractivity contribution in [3.05, 3.63) is 95.1 Å². The van der Waals surface area contributed by atoms with Crippen LogP contribution in [-0.2, 0) is 15.2 Å². The second kappa shape index (κ2) is 13.1. The van der Waals surface area contributed by atoms with Gasteiger partial charge in [-0.2, -0.15) is 8.42 Å². The van der Waals surface area contributed by atoms with Crippen molar-refractivity contribution in [3.63, 3.8) is 0 Å². The number of hydrogen-bond acceptors (Lipinski definition) is 5. The quantitative estimate of drug-likeness (QED) is 0.281. The molecule has 0 heterocycles. The molecule has 8 nitrogen and oxygen atoms in total. The fourth-order valence-corrected chi connectivity index (χ4v) is 2.61. The summed E-state index contributed by atoms with van der Waals surface area (Å²) in [6.07, 6.45) is 6.23. The molecule has 0 spiro atoms. The van der Waals surface area contributed by atoms with Crippen LogP contribution < -0.4 is 59.1 Å². The van der Waals surface area contributed by atoms with Crippen LogP contribution in [0.2, 0.25) is 0 Å². The first kappa shape index (κ1) is 29.5. The predicted octanol–water partition coefficient (Wildman–Crippen LogP) is -2.83. The summed E-state index contributed by atoms with van der Waals surface area (Å²) in [5.41, 5.74) is 2.89. The minimum atomic E-state index is -4.67. The predicted molar refractivity (Wildman–Crippen MR) is 107 cm³/mol. The third-order valence-electron chi connectivity index (χ3n) is 3.73. The first-order chi connectivity index (χ1) is 13.6. The molecule has 31 heavy (non-hydrogen) atoms. The number of carbonyl (C=O) groups is 2. The van der Waals surface area contributed by atoms with E-state index in [1.807, 2.05) is 0 Å². The zero-order chi connectivity index (χ0) is 21.6. The summed E-state index contributed by atoms with van der Waals surface area (Å²) in [7, 11) is -4.67. The summed E-state index contributed by atoms with van der Waals surface area (Å²) >= 11 is 0. The van der Waals surface area contributed by atoms with Crippen LogP contribution in [-0.4, -0.2) is 39.5 Å². The maximum Gasteiger partial charge on any atom is 1.00 e. The number of allylic oxidation sites excluding steroid dienone is 5. The Labute approximate surface area is 226 Å². The van der Waals surface area contributed by atoms with Crippen LogP contribution in [0.3, 0.4) is 0 Å². The van der Waals surface area contributed by atoms with Crippen LogP contribution in [0.25, 0.3) is 5.57 Å². The first-order valence-corrected chi connectivity index (χ1v) is 9.42. The van der Waals surface area contributed by atoms with E-state index in [0.717, 1.165) is 11.1 Å². The molecule has 2 aromatic rings. The zero-order valence-electron chi connectivity index (χ0n) is 18.8. The van der Waals surface area contributed by atoms with E-state index >= 15 is 0 Å². The zero-order valence-corrected chi connectivity index (χ0v) is 21.6. The SMILES string of the molecule is O=C1C=CC(=C(c2ccc(O)cc2)c2ccccc2C(=O)O)C=C1.O=S(=O)(O)O.[H-].[H-].[Na+].[Na+]. The number of ketones is 1. The van der Waals surface area contributed by atoms with E-state index < -0.39 is 16.4 Å². The van der Waals surface area contributed by atoms with Gasteiger partial charge in [0.25, 0.3) is 0 Å². The number of hydrogen-bond donors (Lipinski definition) is 4. The van der Waals surface area contributed by atoms with Crippen molar-refractivity contribution in [2.45, 2.75) is 0 Å². The fourth-order valence-electron chi connectivity index (χ4n) is 2.61. The van der Waals surface area contributed by atoms with E-state index in [1.54, 1.807) is 60.7 Å². The van der Waals surface area contributed by atoms with Crippen LogP contribution in [0.5, 0.6) is 5.75 Å². The molecule has 3 rings (SSSR count). The van der Waals surface area contributed by atoms with E-state index in [0.29, 0.717) is 11.1 Å². The van der Waals surface area contributed by atoms with Crippen LogP contribution in [0.15, 0.2) is 78.4 Å². The Bertz CT molecular complexity index is 1120. The smallest absolute Gasteiger partial charge is 1.00 e. The average Bonchev–Trinajstić information content (AvgIpc) is 2.64. The Hall–Kier alpha value is -1.53. The van der Waals surface area contributed by atoms with Crippen molar-refractivity contribution in [2.75, 3.05) is 0 Å². The van der Waals surface area contributed by atoms with E-state index in [1.165, 1.54) is 12.2 Å². The molecule has 0 unspecified atom stereocenters. The third-order valence-corrected chi connectivity index (χ3v) is 3.73. The van der Waals surface area contributed by atoms with Gasteiger partial charge in [0.15, 0.2) is 5.78 Å². The molecule has 0 saturated carbocycles. The molecule has 11 heteroatoms. The molecular formula is C20H18Na2O8S. The second-order valence-electron chi connectivity index (χ2n) is 5.74. The van der Waals surface area contributed by atoms with Crippen molar-refractivity contribution in [1.29, 1.82) is 0 Å². The van der Waals surface area contributed by atoms with Gasteiger partial charge in [0.2, 0.25) is 0 Å². The Kier molecular flexibility index (Phi) is 12.5. The number of aromatic hydroxyl groups is 1. The Balaban J connectivity index is -0.000000910. The summed E-state index contributed by atoms with van der Waals surface area (Å²) in [5.74, 6) is -1.02. The van der Waals surface area contributed by atoms with Gasteiger partial charge in [-0.25, -0.2) is 4.79 Å². The third kappa shape index (κ3) is 9.65. The second-order valence-corrected chi connectivity index (χ2v) is 6.64. The minimum absolute atomic E-state index is 0. The van der Waals surface area contributed by atoms with Gasteiger partial charge in [-0.1, -0.05) is 42.5 Å². The van der Waals surface area contributed by atoms with Gasteiger partial charge >= 0.3 is 75.5 Å². The topological polar surface area (TPSA) is 149 Å². The van der Waals surface area contributed by atoms with Crippen molar-refractivity contribution < 1.29 is 99.3 Å². The number of phenols is 1. The van der Waals surface area contributed by atoms with Gasteiger partial charge in [-0.05, 0) is 52.6 Å². The molecule has 0 aliphatic heterocycles. The van der Waals surface area contributed by atoms with E-state index in [9.17, 15) is 19.8 Å². The van der Waals surface area contributed by atoms with Crippen LogP contribution in [0, 0.1) is 0 Å². The Morgan fingerprint density at radius 2 is 1.26 bits per heavy atom. The van der Waals surface area contributed by atoms with Gasteiger partial charge in [0.05, 0.1) is 5.56 Å². The number of phenolic OH excluding ortho intramolecular Hbond substituents is 1. The molecule has 0 fully saturated rings. The number of aromatic carboxylic acids is 1. The molecule has 0 bridgehead atoms. The molecule has 0 amide bonds. The Morgan fingerprint density at radius 1 is 0.806 bits per heavy atom. The molecule has 0 saturated heterocycles.